The van der Waals surface area contributed by atoms with Gasteiger partial charge < -0.3 is 4.90 Å². The van der Waals surface area contributed by atoms with Gasteiger partial charge in [-0.05, 0) is 23.3 Å². The third kappa shape index (κ3) is 3.01. The molecule has 1 aliphatic heterocycles. The molecular formula is C17H16BrNOS. The molecule has 0 radical (unpaired) electrons. The van der Waals surface area contributed by atoms with Crippen LogP contribution in [0.4, 0.5) is 0 Å². The number of fused-ring (bicyclic) bond motifs is 1. The zero-order valence-corrected chi connectivity index (χ0v) is 14.2. The van der Waals surface area contributed by atoms with Crippen molar-refractivity contribution in [2.45, 2.75) is 17.4 Å². The van der Waals surface area contributed by atoms with Crippen LogP contribution in [0.1, 0.15) is 17.0 Å². The Morgan fingerprint density at radius 3 is 2.76 bits per heavy atom. The smallest absolute Gasteiger partial charge is 0.231 e. The van der Waals surface area contributed by atoms with E-state index in [9.17, 15) is 4.79 Å². The summed E-state index contributed by atoms with van der Waals surface area (Å²) in [5, 5.41) is 0. The second-order valence-electron chi connectivity index (χ2n) is 5.19. The van der Waals surface area contributed by atoms with Crippen LogP contribution in [0.2, 0.25) is 0 Å². The van der Waals surface area contributed by atoms with Crippen LogP contribution in [-0.4, -0.2) is 23.6 Å². The minimum atomic E-state index is -0.0151. The molecule has 2 aromatic carbocycles. The highest BCUT2D eigenvalue weighted by Gasteiger charge is 2.31. The van der Waals surface area contributed by atoms with Gasteiger partial charge in [0, 0.05) is 28.7 Å². The summed E-state index contributed by atoms with van der Waals surface area (Å²) in [6.07, 6.45) is 0. The number of benzene rings is 2. The zero-order valence-electron chi connectivity index (χ0n) is 11.8. The van der Waals surface area contributed by atoms with E-state index in [1.807, 2.05) is 48.3 Å². The van der Waals surface area contributed by atoms with Crippen molar-refractivity contribution in [2.24, 2.45) is 0 Å². The number of carbonyl (C=O) groups is 1. The molecule has 0 spiro atoms. The molecule has 2 nitrogen and oxygen atoms in total. The number of halogens is 1. The minimum absolute atomic E-state index is 0.0151. The molecule has 1 heterocycles. The maximum Gasteiger partial charge on any atom is 0.231 e. The zero-order chi connectivity index (χ0) is 14.8. The first-order valence-corrected chi connectivity index (χ1v) is 8.65. The van der Waals surface area contributed by atoms with Gasteiger partial charge in [-0.1, -0.05) is 52.3 Å². The van der Waals surface area contributed by atoms with Crippen molar-refractivity contribution >= 4 is 33.6 Å². The maximum atomic E-state index is 12.7. The van der Waals surface area contributed by atoms with Crippen LogP contribution >= 0.6 is 27.7 Å². The van der Waals surface area contributed by atoms with Gasteiger partial charge in [0.15, 0.2) is 0 Å². The van der Waals surface area contributed by atoms with E-state index >= 15 is 0 Å². The number of carbonyl (C=O) groups excluding carboxylic acids is 1. The molecule has 108 valence electrons. The summed E-state index contributed by atoms with van der Waals surface area (Å²) >= 11 is 5.32. The van der Waals surface area contributed by atoms with E-state index < -0.39 is 0 Å². The SMILES string of the molecule is CN(Cc1ccccc1Br)C(=O)C1CSc2ccccc21. The summed E-state index contributed by atoms with van der Waals surface area (Å²) in [6, 6.07) is 16.3. The third-order valence-corrected chi connectivity index (χ3v) is 5.70. The Kier molecular flexibility index (Phi) is 4.36. The van der Waals surface area contributed by atoms with Crippen molar-refractivity contribution in [3.05, 3.63) is 64.1 Å². The van der Waals surface area contributed by atoms with E-state index in [0.29, 0.717) is 6.54 Å². The van der Waals surface area contributed by atoms with Crippen LogP contribution in [0.3, 0.4) is 0 Å². The van der Waals surface area contributed by atoms with Crippen molar-refractivity contribution in [3.63, 3.8) is 0 Å². The van der Waals surface area contributed by atoms with E-state index in [0.717, 1.165) is 15.8 Å². The largest absolute Gasteiger partial charge is 0.341 e. The normalized spacial score (nSPS) is 16.6. The van der Waals surface area contributed by atoms with E-state index in [1.165, 1.54) is 10.5 Å². The van der Waals surface area contributed by atoms with Gasteiger partial charge in [-0.2, -0.15) is 0 Å². The summed E-state index contributed by atoms with van der Waals surface area (Å²) in [7, 11) is 1.88. The highest BCUT2D eigenvalue weighted by molar-refractivity contribution is 9.10. The highest BCUT2D eigenvalue weighted by atomic mass is 79.9. The molecule has 0 bridgehead atoms. The second-order valence-corrected chi connectivity index (χ2v) is 7.10. The molecule has 0 aromatic heterocycles. The van der Waals surface area contributed by atoms with Gasteiger partial charge >= 0.3 is 0 Å². The number of thioether (sulfide) groups is 1. The van der Waals surface area contributed by atoms with E-state index in [1.54, 1.807) is 11.8 Å². The molecule has 3 rings (SSSR count). The Balaban J connectivity index is 1.76. The Bertz CT molecular complexity index is 673. The van der Waals surface area contributed by atoms with E-state index in [-0.39, 0.29) is 11.8 Å². The number of rotatable bonds is 3. The highest BCUT2D eigenvalue weighted by Crippen LogP contribution is 2.40. The first-order chi connectivity index (χ1) is 10.2. The Labute approximate surface area is 137 Å². The quantitative estimate of drug-likeness (QED) is 0.812. The van der Waals surface area contributed by atoms with Crippen molar-refractivity contribution < 1.29 is 4.79 Å². The molecular weight excluding hydrogens is 346 g/mol. The first-order valence-electron chi connectivity index (χ1n) is 6.87. The molecule has 1 unspecified atom stereocenters. The molecule has 1 amide bonds. The lowest BCUT2D eigenvalue weighted by Crippen LogP contribution is -2.31. The number of likely N-dealkylation sites (N-methyl/N-ethyl adjacent to an activating group) is 1. The number of amides is 1. The molecule has 2 aromatic rings. The number of hydrogen-bond acceptors (Lipinski definition) is 2. The number of nitrogens with zero attached hydrogens (tertiary/aromatic N) is 1. The molecule has 4 heteroatoms. The van der Waals surface area contributed by atoms with Crippen molar-refractivity contribution in [2.75, 3.05) is 12.8 Å². The fraction of sp³-hybridized carbons (Fsp3) is 0.235. The molecule has 1 atom stereocenters. The van der Waals surface area contributed by atoms with Gasteiger partial charge in [0.1, 0.15) is 0 Å². The summed E-state index contributed by atoms with van der Waals surface area (Å²) in [4.78, 5) is 15.8. The topological polar surface area (TPSA) is 20.3 Å². The number of hydrogen-bond donors (Lipinski definition) is 0. The molecule has 1 aliphatic rings. The van der Waals surface area contributed by atoms with Gasteiger partial charge in [0.05, 0.1) is 5.92 Å². The average Bonchev–Trinajstić information content (AvgIpc) is 2.92. The summed E-state index contributed by atoms with van der Waals surface area (Å²) in [6.45, 7) is 0.629. The summed E-state index contributed by atoms with van der Waals surface area (Å²) < 4.78 is 1.05. The van der Waals surface area contributed by atoms with Gasteiger partial charge in [0.2, 0.25) is 5.91 Å². The molecule has 21 heavy (non-hydrogen) atoms. The fourth-order valence-corrected chi connectivity index (χ4v) is 4.22. The predicted molar refractivity (Wildman–Crippen MR) is 90.5 cm³/mol. The van der Waals surface area contributed by atoms with Crippen LogP contribution in [-0.2, 0) is 11.3 Å². The van der Waals surface area contributed by atoms with Crippen LogP contribution in [0.5, 0.6) is 0 Å². The fourth-order valence-electron chi connectivity index (χ4n) is 2.59. The van der Waals surface area contributed by atoms with Gasteiger partial charge in [-0.3, -0.25) is 4.79 Å². The molecule has 0 saturated carbocycles. The van der Waals surface area contributed by atoms with Crippen molar-refractivity contribution in [1.29, 1.82) is 0 Å². The van der Waals surface area contributed by atoms with Crippen LogP contribution < -0.4 is 0 Å². The second kappa shape index (κ2) is 6.24. The Morgan fingerprint density at radius 2 is 1.95 bits per heavy atom. The minimum Gasteiger partial charge on any atom is -0.341 e. The Hall–Kier alpha value is -1.26. The lowest BCUT2D eigenvalue weighted by Gasteiger charge is -2.22. The van der Waals surface area contributed by atoms with Gasteiger partial charge in [-0.25, -0.2) is 0 Å². The average molecular weight is 362 g/mol. The van der Waals surface area contributed by atoms with Crippen LogP contribution in [0.15, 0.2) is 57.9 Å². The molecule has 0 aliphatic carbocycles. The standard InChI is InChI=1S/C17H16BrNOS/c1-19(10-12-6-2-4-8-15(12)18)17(20)14-11-21-16-9-5-3-7-13(14)16/h2-9,14H,10-11H2,1H3. The van der Waals surface area contributed by atoms with Gasteiger partial charge in [0.25, 0.3) is 0 Å². The van der Waals surface area contributed by atoms with Crippen molar-refractivity contribution in [1.82, 2.24) is 4.90 Å². The van der Waals surface area contributed by atoms with Crippen LogP contribution in [0, 0.1) is 0 Å². The van der Waals surface area contributed by atoms with E-state index in [2.05, 4.69) is 28.1 Å². The Morgan fingerprint density at radius 1 is 1.24 bits per heavy atom. The summed E-state index contributed by atoms with van der Waals surface area (Å²) in [5.74, 6) is 1.03. The van der Waals surface area contributed by atoms with Gasteiger partial charge in [-0.15, -0.1) is 11.8 Å². The van der Waals surface area contributed by atoms with E-state index in [4.69, 9.17) is 0 Å². The first kappa shape index (κ1) is 14.7. The lowest BCUT2D eigenvalue weighted by atomic mass is 10.00. The van der Waals surface area contributed by atoms with Crippen molar-refractivity contribution in [3.8, 4) is 0 Å². The summed E-state index contributed by atoms with van der Waals surface area (Å²) in [5.41, 5.74) is 2.30. The molecule has 0 fully saturated rings. The van der Waals surface area contributed by atoms with Crippen LogP contribution in [0.25, 0.3) is 0 Å². The maximum absolute atomic E-state index is 12.7. The lowest BCUT2D eigenvalue weighted by molar-refractivity contribution is -0.131. The molecule has 0 N–H and O–H groups in total. The predicted octanol–water partition coefficient (Wildman–Crippen LogP) is 4.30. The third-order valence-electron chi connectivity index (χ3n) is 3.74. The monoisotopic (exact) mass is 361 g/mol. The molecule has 0 saturated heterocycles.